The van der Waals surface area contributed by atoms with Gasteiger partial charge in [-0.3, -0.25) is 0 Å². The van der Waals surface area contributed by atoms with Gasteiger partial charge in [0.15, 0.2) is 0 Å². The van der Waals surface area contributed by atoms with Crippen LogP contribution < -0.4 is 30.4 Å². The van der Waals surface area contributed by atoms with E-state index in [-0.39, 0.29) is 0 Å². The minimum Gasteiger partial charge on any atom is -0.457 e. The predicted octanol–water partition coefficient (Wildman–Crippen LogP) is 8.02. The lowest BCUT2D eigenvalue weighted by Crippen LogP contribution is -1.92. The molecule has 178 valence electrons. The van der Waals surface area contributed by atoms with Crippen molar-refractivity contribution in [1.82, 2.24) is 0 Å². The molecule has 0 amide bonds. The maximum absolute atomic E-state index is 6.05. The number of nitrogens with two attached hydrogens (primary N) is 2. The molecule has 0 fully saturated rings. The fourth-order valence-corrected chi connectivity index (χ4v) is 3.49. The molecule has 6 heteroatoms. The molecular formula is C30H24N2O4. The number of nitrogen functional groups attached to an aromatic ring is 2. The van der Waals surface area contributed by atoms with E-state index < -0.39 is 0 Å². The number of anilines is 2. The van der Waals surface area contributed by atoms with Gasteiger partial charge in [-0.25, -0.2) is 0 Å². The molecule has 0 saturated carbocycles. The zero-order chi connectivity index (χ0) is 24.7. The Kier molecular flexibility index (Phi) is 6.58. The maximum atomic E-state index is 6.05. The molecule has 0 atom stereocenters. The first kappa shape index (κ1) is 22.7. The van der Waals surface area contributed by atoms with Crippen molar-refractivity contribution >= 4 is 11.4 Å². The van der Waals surface area contributed by atoms with Gasteiger partial charge in [0.05, 0.1) is 5.69 Å². The van der Waals surface area contributed by atoms with Gasteiger partial charge in [-0.05, 0) is 60.7 Å². The van der Waals surface area contributed by atoms with Crippen LogP contribution in [0.4, 0.5) is 11.4 Å². The Labute approximate surface area is 209 Å². The third-order valence-corrected chi connectivity index (χ3v) is 5.13. The lowest BCUT2D eigenvalue weighted by atomic mass is 10.3. The Morgan fingerprint density at radius 1 is 0.361 bits per heavy atom. The van der Waals surface area contributed by atoms with Gasteiger partial charge < -0.3 is 30.4 Å². The van der Waals surface area contributed by atoms with Crippen LogP contribution in [0.25, 0.3) is 0 Å². The van der Waals surface area contributed by atoms with E-state index in [4.69, 9.17) is 30.4 Å². The number of hydrogen-bond acceptors (Lipinski definition) is 6. The first-order chi connectivity index (χ1) is 17.6. The summed E-state index contributed by atoms with van der Waals surface area (Å²) in [7, 11) is 0. The van der Waals surface area contributed by atoms with E-state index in [2.05, 4.69) is 0 Å². The second-order valence-corrected chi connectivity index (χ2v) is 7.94. The Bertz CT molecular complexity index is 1490. The Balaban J connectivity index is 1.27. The standard InChI is InChI=1S/C30H24N2O4/c31-21-7-3-8-22(17-21)33-23-9-4-10-24(18-23)34-25-11-5-12-26(19-25)35-27-13-6-14-28(20-27)36-30-16-2-1-15-29(30)32/h1-20H,31-32H2. The summed E-state index contributed by atoms with van der Waals surface area (Å²) in [6, 6.07) is 36.7. The smallest absolute Gasteiger partial charge is 0.150 e. The van der Waals surface area contributed by atoms with Gasteiger partial charge in [0.25, 0.3) is 0 Å². The van der Waals surface area contributed by atoms with E-state index in [1.165, 1.54) is 0 Å². The van der Waals surface area contributed by atoms with Crippen molar-refractivity contribution in [2.24, 2.45) is 0 Å². The van der Waals surface area contributed by atoms with Gasteiger partial charge in [0.2, 0.25) is 0 Å². The SMILES string of the molecule is Nc1cccc(Oc2cccc(Oc3cccc(Oc4cccc(Oc5ccccc5N)c4)c3)c2)c1. The van der Waals surface area contributed by atoms with E-state index >= 15 is 0 Å². The van der Waals surface area contributed by atoms with Gasteiger partial charge in [-0.15, -0.1) is 0 Å². The Morgan fingerprint density at radius 3 is 1.19 bits per heavy atom. The molecule has 0 bridgehead atoms. The topological polar surface area (TPSA) is 89.0 Å². The fraction of sp³-hybridized carbons (Fsp3) is 0. The highest BCUT2D eigenvalue weighted by Gasteiger charge is 2.06. The van der Waals surface area contributed by atoms with E-state index in [9.17, 15) is 0 Å². The summed E-state index contributed by atoms with van der Waals surface area (Å²) in [5, 5.41) is 0. The summed E-state index contributed by atoms with van der Waals surface area (Å²) in [5.74, 6) is 5.00. The van der Waals surface area contributed by atoms with Crippen LogP contribution >= 0.6 is 0 Å². The quantitative estimate of drug-likeness (QED) is 0.220. The summed E-state index contributed by atoms with van der Waals surface area (Å²) in [6.07, 6.45) is 0. The molecule has 0 spiro atoms. The van der Waals surface area contributed by atoms with E-state index in [1.807, 2.05) is 103 Å². The van der Waals surface area contributed by atoms with E-state index in [1.54, 1.807) is 18.2 Å². The summed E-state index contributed by atoms with van der Waals surface area (Å²) in [6.45, 7) is 0. The van der Waals surface area contributed by atoms with Crippen LogP contribution in [0.3, 0.4) is 0 Å². The van der Waals surface area contributed by atoms with Crippen molar-refractivity contribution in [2.45, 2.75) is 0 Å². The lowest BCUT2D eigenvalue weighted by Gasteiger charge is -2.12. The van der Waals surface area contributed by atoms with Crippen molar-refractivity contribution in [3.63, 3.8) is 0 Å². The molecule has 0 aliphatic rings. The summed E-state index contributed by atoms with van der Waals surface area (Å²) >= 11 is 0. The third-order valence-electron chi connectivity index (χ3n) is 5.13. The molecule has 0 radical (unpaired) electrons. The highest BCUT2D eigenvalue weighted by Crippen LogP contribution is 2.33. The van der Waals surface area contributed by atoms with Crippen molar-refractivity contribution in [2.75, 3.05) is 11.5 Å². The van der Waals surface area contributed by atoms with Gasteiger partial charge >= 0.3 is 0 Å². The zero-order valence-corrected chi connectivity index (χ0v) is 19.3. The Hall–Kier alpha value is -5.10. The monoisotopic (exact) mass is 476 g/mol. The minimum absolute atomic E-state index is 0.566. The van der Waals surface area contributed by atoms with Crippen LogP contribution in [0.1, 0.15) is 0 Å². The minimum atomic E-state index is 0.566. The van der Waals surface area contributed by atoms with Gasteiger partial charge in [-0.1, -0.05) is 36.4 Å². The molecule has 0 saturated heterocycles. The molecule has 0 unspecified atom stereocenters. The van der Waals surface area contributed by atoms with Crippen LogP contribution in [0, 0.1) is 0 Å². The van der Waals surface area contributed by atoms with E-state index in [0.29, 0.717) is 57.4 Å². The molecule has 5 aromatic carbocycles. The second kappa shape index (κ2) is 10.4. The molecule has 36 heavy (non-hydrogen) atoms. The van der Waals surface area contributed by atoms with Gasteiger partial charge in [0, 0.05) is 30.0 Å². The first-order valence-electron chi connectivity index (χ1n) is 11.3. The van der Waals surface area contributed by atoms with Crippen LogP contribution in [0.5, 0.6) is 46.0 Å². The highest BCUT2D eigenvalue weighted by atomic mass is 16.5. The normalized spacial score (nSPS) is 10.4. The molecule has 0 aromatic heterocycles. The molecule has 0 aliphatic carbocycles. The Morgan fingerprint density at radius 2 is 0.750 bits per heavy atom. The number of para-hydroxylation sites is 2. The average molecular weight is 477 g/mol. The number of benzene rings is 5. The van der Waals surface area contributed by atoms with E-state index in [0.717, 1.165) is 0 Å². The highest BCUT2D eigenvalue weighted by molar-refractivity contribution is 5.54. The summed E-state index contributed by atoms with van der Waals surface area (Å²) < 4.78 is 23.9. The van der Waals surface area contributed by atoms with Crippen LogP contribution in [0.2, 0.25) is 0 Å². The zero-order valence-electron chi connectivity index (χ0n) is 19.3. The van der Waals surface area contributed by atoms with Crippen molar-refractivity contribution in [3.8, 4) is 46.0 Å². The third kappa shape index (κ3) is 5.87. The number of ether oxygens (including phenoxy) is 4. The molecule has 4 N–H and O–H groups in total. The lowest BCUT2D eigenvalue weighted by molar-refractivity contribution is 0.448. The average Bonchev–Trinajstić information content (AvgIpc) is 2.86. The van der Waals surface area contributed by atoms with Crippen LogP contribution in [-0.4, -0.2) is 0 Å². The van der Waals surface area contributed by atoms with Crippen LogP contribution in [-0.2, 0) is 0 Å². The summed E-state index contributed by atoms with van der Waals surface area (Å²) in [4.78, 5) is 0. The fourth-order valence-electron chi connectivity index (χ4n) is 3.49. The second-order valence-electron chi connectivity index (χ2n) is 7.94. The molecule has 5 aromatic rings. The van der Waals surface area contributed by atoms with Gasteiger partial charge in [-0.2, -0.15) is 0 Å². The number of rotatable bonds is 8. The van der Waals surface area contributed by atoms with Crippen molar-refractivity contribution in [3.05, 3.63) is 121 Å². The molecule has 0 heterocycles. The van der Waals surface area contributed by atoms with Gasteiger partial charge in [0.1, 0.15) is 46.0 Å². The molecule has 6 nitrogen and oxygen atoms in total. The molecule has 5 rings (SSSR count). The van der Waals surface area contributed by atoms with Crippen molar-refractivity contribution in [1.29, 1.82) is 0 Å². The van der Waals surface area contributed by atoms with Crippen molar-refractivity contribution < 1.29 is 18.9 Å². The molecule has 0 aliphatic heterocycles. The first-order valence-corrected chi connectivity index (χ1v) is 11.3. The largest absolute Gasteiger partial charge is 0.457 e. The number of hydrogen-bond donors (Lipinski definition) is 2. The van der Waals surface area contributed by atoms with Crippen LogP contribution in [0.15, 0.2) is 121 Å². The maximum Gasteiger partial charge on any atom is 0.150 e. The molecular weight excluding hydrogens is 452 g/mol. The summed E-state index contributed by atoms with van der Waals surface area (Å²) in [5.41, 5.74) is 13.0. The predicted molar refractivity (Wildman–Crippen MR) is 141 cm³/mol.